The molecule has 4 nitrogen and oxygen atoms in total. The molecule has 22 heavy (non-hydrogen) atoms. The van der Waals surface area contributed by atoms with Gasteiger partial charge in [-0.25, -0.2) is 0 Å². The van der Waals surface area contributed by atoms with Crippen molar-refractivity contribution in [3.63, 3.8) is 0 Å². The topological polar surface area (TPSA) is 35.6 Å². The van der Waals surface area contributed by atoms with Gasteiger partial charge in [0.25, 0.3) is 0 Å². The number of piperazine rings is 1. The van der Waals surface area contributed by atoms with E-state index < -0.39 is 0 Å². The minimum atomic E-state index is 0.187. The van der Waals surface area contributed by atoms with Crippen molar-refractivity contribution in [2.75, 3.05) is 43.4 Å². The standard InChI is InChI=1S/C17H19N3OS/c1-19-6-8-20(9-7-19)12-2-4-14-16(10-12)22-17-11-13(21)3-5-15(17)18-14/h2-5,10,18H,6-9,11H2,1H3. The first-order valence-electron chi connectivity index (χ1n) is 7.65. The van der Waals surface area contributed by atoms with Gasteiger partial charge in [-0.15, -0.1) is 0 Å². The lowest BCUT2D eigenvalue weighted by molar-refractivity contribution is -0.114. The number of anilines is 2. The Labute approximate surface area is 134 Å². The highest BCUT2D eigenvalue weighted by Crippen LogP contribution is 2.44. The number of fused-ring (bicyclic) bond motifs is 1. The second-order valence-electron chi connectivity index (χ2n) is 6.01. The molecule has 1 aromatic rings. The van der Waals surface area contributed by atoms with Crippen molar-refractivity contribution in [1.82, 2.24) is 4.90 Å². The maximum Gasteiger partial charge on any atom is 0.160 e. The highest BCUT2D eigenvalue weighted by molar-refractivity contribution is 8.03. The molecule has 0 spiro atoms. The van der Waals surface area contributed by atoms with E-state index in [2.05, 4.69) is 40.4 Å². The number of carbonyl (C=O) groups is 1. The number of nitrogens with one attached hydrogen (secondary N) is 1. The maximum absolute atomic E-state index is 11.6. The third-order valence-electron chi connectivity index (χ3n) is 4.41. The van der Waals surface area contributed by atoms with Crippen LogP contribution >= 0.6 is 11.8 Å². The summed E-state index contributed by atoms with van der Waals surface area (Å²) < 4.78 is 0. The first-order valence-corrected chi connectivity index (χ1v) is 8.47. The molecule has 0 unspecified atom stereocenters. The minimum Gasteiger partial charge on any atom is -0.369 e. The fourth-order valence-corrected chi connectivity index (χ4v) is 4.14. The van der Waals surface area contributed by atoms with E-state index in [0.717, 1.165) is 42.5 Å². The number of carbonyl (C=O) groups excluding carboxylic acids is 1. The van der Waals surface area contributed by atoms with E-state index in [9.17, 15) is 4.79 Å². The smallest absolute Gasteiger partial charge is 0.160 e. The number of benzene rings is 1. The lowest BCUT2D eigenvalue weighted by Crippen LogP contribution is -2.44. The summed E-state index contributed by atoms with van der Waals surface area (Å²) in [6.45, 7) is 4.36. The van der Waals surface area contributed by atoms with E-state index in [0.29, 0.717) is 6.42 Å². The van der Waals surface area contributed by atoms with E-state index in [-0.39, 0.29) is 5.78 Å². The highest BCUT2D eigenvalue weighted by atomic mass is 32.2. The molecule has 0 atom stereocenters. The average molecular weight is 313 g/mol. The zero-order valence-electron chi connectivity index (χ0n) is 12.6. The van der Waals surface area contributed by atoms with Gasteiger partial charge in [0.15, 0.2) is 5.78 Å². The monoisotopic (exact) mass is 313 g/mol. The van der Waals surface area contributed by atoms with Crippen LogP contribution in [0.1, 0.15) is 6.42 Å². The number of nitrogens with zero attached hydrogens (tertiary/aromatic N) is 2. The summed E-state index contributed by atoms with van der Waals surface area (Å²) >= 11 is 1.73. The third kappa shape index (κ3) is 2.55. The van der Waals surface area contributed by atoms with E-state index in [1.807, 2.05) is 6.08 Å². The van der Waals surface area contributed by atoms with Crippen LogP contribution in [0.4, 0.5) is 11.4 Å². The maximum atomic E-state index is 11.6. The SMILES string of the molecule is CN1CCN(c2ccc3c(c2)SC2=C(C=CC(=O)C2)N3)CC1. The van der Waals surface area contributed by atoms with Gasteiger partial charge >= 0.3 is 0 Å². The molecule has 1 aromatic carbocycles. The van der Waals surface area contributed by atoms with Crippen LogP contribution in [0.25, 0.3) is 0 Å². The van der Waals surface area contributed by atoms with Crippen LogP contribution in [0.2, 0.25) is 0 Å². The molecule has 0 bridgehead atoms. The molecule has 2 aliphatic heterocycles. The second kappa shape index (κ2) is 5.48. The molecule has 0 radical (unpaired) electrons. The fraction of sp³-hybridized carbons (Fsp3) is 0.353. The molecule has 0 saturated carbocycles. The first-order chi connectivity index (χ1) is 10.7. The van der Waals surface area contributed by atoms with Crippen LogP contribution in [0.5, 0.6) is 0 Å². The molecule has 0 aromatic heterocycles. The van der Waals surface area contributed by atoms with Crippen LogP contribution < -0.4 is 10.2 Å². The van der Waals surface area contributed by atoms with E-state index in [1.165, 1.54) is 10.6 Å². The van der Waals surface area contributed by atoms with Crippen LogP contribution in [-0.4, -0.2) is 43.9 Å². The van der Waals surface area contributed by atoms with Gasteiger partial charge in [0.2, 0.25) is 0 Å². The highest BCUT2D eigenvalue weighted by Gasteiger charge is 2.23. The molecule has 1 N–H and O–H groups in total. The van der Waals surface area contributed by atoms with Crippen molar-refractivity contribution in [3.8, 4) is 0 Å². The number of thioether (sulfide) groups is 1. The van der Waals surface area contributed by atoms with Crippen molar-refractivity contribution in [2.24, 2.45) is 0 Å². The average Bonchev–Trinajstić information content (AvgIpc) is 2.53. The van der Waals surface area contributed by atoms with Crippen LogP contribution in [0.3, 0.4) is 0 Å². The summed E-state index contributed by atoms with van der Waals surface area (Å²) in [5.41, 5.74) is 3.49. The largest absolute Gasteiger partial charge is 0.369 e. The van der Waals surface area contributed by atoms with Gasteiger partial charge in [0.05, 0.1) is 5.69 Å². The van der Waals surface area contributed by atoms with E-state index >= 15 is 0 Å². The van der Waals surface area contributed by atoms with Crippen molar-refractivity contribution < 1.29 is 4.79 Å². The number of likely N-dealkylation sites (N-methyl/N-ethyl adjacent to an activating group) is 1. The third-order valence-corrected chi connectivity index (χ3v) is 5.58. The Morgan fingerprint density at radius 1 is 1.14 bits per heavy atom. The molecule has 1 aliphatic carbocycles. The Morgan fingerprint density at radius 2 is 1.95 bits per heavy atom. The number of ketones is 1. The van der Waals surface area contributed by atoms with Crippen molar-refractivity contribution in [1.29, 1.82) is 0 Å². The molecule has 4 rings (SSSR count). The van der Waals surface area contributed by atoms with Crippen LogP contribution in [0, 0.1) is 0 Å². The second-order valence-corrected chi connectivity index (χ2v) is 7.15. The van der Waals surface area contributed by atoms with Crippen LogP contribution in [-0.2, 0) is 4.79 Å². The van der Waals surface area contributed by atoms with Gasteiger partial charge in [-0.05, 0) is 37.4 Å². The molecular weight excluding hydrogens is 294 g/mol. The van der Waals surface area contributed by atoms with Crippen molar-refractivity contribution >= 4 is 28.9 Å². The first kappa shape index (κ1) is 13.9. The Balaban J connectivity index is 1.58. The van der Waals surface area contributed by atoms with Crippen molar-refractivity contribution in [3.05, 3.63) is 41.0 Å². The van der Waals surface area contributed by atoms with Gasteiger partial charge in [-0.1, -0.05) is 11.8 Å². The molecule has 1 fully saturated rings. The summed E-state index contributed by atoms with van der Waals surface area (Å²) in [7, 11) is 2.17. The number of rotatable bonds is 1. The van der Waals surface area contributed by atoms with Crippen LogP contribution in [0.15, 0.2) is 45.8 Å². The summed E-state index contributed by atoms with van der Waals surface area (Å²) in [4.78, 5) is 18.8. The minimum absolute atomic E-state index is 0.187. The molecule has 114 valence electrons. The van der Waals surface area contributed by atoms with Gasteiger partial charge in [-0.2, -0.15) is 0 Å². The number of hydrogen-bond acceptors (Lipinski definition) is 5. The molecule has 5 heteroatoms. The quantitative estimate of drug-likeness (QED) is 0.862. The fourth-order valence-electron chi connectivity index (χ4n) is 3.02. The van der Waals surface area contributed by atoms with Gasteiger partial charge in [0.1, 0.15) is 0 Å². The number of allylic oxidation sites excluding steroid dienone is 3. The Hall–Kier alpha value is -1.72. The zero-order chi connectivity index (χ0) is 15.1. The Morgan fingerprint density at radius 3 is 2.77 bits per heavy atom. The normalized spacial score (nSPS) is 21.5. The van der Waals surface area contributed by atoms with Gasteiger partial charge in [0, 0.05) is 53.8 Å². The Bertz CT molecular complexity index is 687. The lowest BCUT2D eigenvalue weighted by atomic mass is 10.1. The zero-order valence-corrected chi connectivity index (χ0v) is 13.4. The molecular formula is C17H19N3OS. The predicted octanol–water partition coefficient (Wildman–Crippen LogP) is 2.70. The molecule has 0 amide bonds. The van der Waals surface area contributed by atoms with Crippen molar-refractivity contribution in [2.45, 2.75) is 11.3 Å². The number of hydrogen-bond donors (Lipinski definition) is 1. The van der Waals surface area contributed by atoms with Gasteiger partial charge < -0.3 is 15.1 Å². The summed E-state index contributed by atoms with van der Waals surface area (Å²) in [6, 6.07) is 6.61. The molecule has 3 aliphatic rings. The summed E-state index contributed by atoms with van der Waals surface area (Å²) in [6.07, 6.45) is 4.07. The molecule has 2 heterocycles. The van der Waals surface area contributed by atoms with E-state index in [4.69, 9.17) is 0 Å². The van der Waals surface area contributed by atoms with E-state index in [1.54, 1.807) is 17.8 Å². The van der Waals surface area contributed by atoms with Gasteiger partial charge in [-0.3, -0.25) is 4.79 Å². The summed E-state index contributed by atoms with van der Waals surface area (Å²) in [5, 5.41) is 3.45. The Kier molecular flexibility index (Phi) is 3.47. The molecule has 1 saturated heterocycles. The summed E-state index contributed by atoms with van der Waals surface area (Å²) in [5.74, 6) is 0.187. The predicted molar refractivity (Wildman–Crippen MR) is 91.4 cm³/mol. The lowest BCUT2D eigenvalue weighted by Gasteiger charge is -2.35.